The molecule has 0 spiro atoms. The molecule has 0 fully saturated rings. The first-order chi connectivity index (χ1) is 2.41. The van der Waals surface area contributed by atoms with Crippen molar-refractivity contribution in [2.24, 2.45) is 0 Å². The quantitative estimate of drug-likeness (QED) is 0.662. The Morgan fingerprint density at radius 1 is 1.60 bits per heavy atom. The molecule has 27 valence electrons. The van der Waals surface area contributed by atoms with Gasteiger partial charge in [0.25, 0.3) is 0 Å². The van der Waals surface area contributed by atoms with Gasteiger partial charge in [-0.15, -0.1) is 0 Å². The minimum atomic E-state index is 1.07. The normalized spacial score (nSPS) is 8.60. The summed E-state index contributed by atoms with van der Waals surface area (Å²) in [5.41, 5.74) is 0. The first kappa shape index (κ1) is 5.94. The Bertz CT molecular complexity index is 11.1. The molecule has 0 atom stereocenters. The molecule has 1 heteroatoms. The van der Waals surface area contributed by atoms with E-state index in [1.165, 1.54) is 16.8 Å². The van der Waals surface area contributed by atoms with E-state index in [4.69, 9.17) is 0 Å². The average molecular weight is 258 g/mol. The van der Waals surface area contributed by atoms with E-state index in [-0.39, 0.29) is 0 Å². The van der Waals surface area contributed by atoms with Gasteiger partial charge >= 0.3 is 49.8 Å². The molecule has 0 saturated heterocycles. The molecule has 0 aliphatic rings. The van der Waals surface area contributed by atoms with Crippen molar-refractivity contribution in [2.45, 2.75) is 23.7 Å². The number of hydrogen-bond acceptors (Lipinski definition) is 0. The van der Waals surface area contributed by atoms with Crippen LogP contribution in [0.2, 0.25) is 3.93 Å². The topological polar surface area (TPSA) is 0 Å². The summed E-state index contributed by atoms with van der Waals surface area (Å²) in [6.07, 6.45) is 2.87. The van der Waals surface area contributed by atoms with E-state index in [0.29, 0.717) is 0 Å². The van der Waals surface area contributed by atoms with Crippen molar-refractivity contribution in [3.05, 3.63) is 0 Å². The molecule has 0 aromatic rings. The van der Waals surface area contributed by atoms with Gasteiger partial charge in [0.15, 0.2) is 0 Å². The Labute approximate surface area is 49.9 Å². The molecule has 0 nitrogen and oxygen atoms in total. The summed E-state index contributed by atoms with van der Waals surface area (Å²) >= 11 is 1.07. The van der Waals surface area contributed by atoms with Gasteiger partial charge in [-0.05, 0) is 0 Å². The van der Waals surface area contributed by atoms with E-state index in [1.54, 1.807) is 0 Å². The predicted octanol–water partition coefficient (Wildman–Crippen LogP) is 1.75. The predicted molar refractivity (Wildman–Crippen MR) is 19.7 cm³/mol. The third-order valence-electron chi connectivity index (χ3n) is 0.604. The summed E-state index contributed by atoms with van der Waals surface area (Å²) in [6, 6.07) is 0. The fraction of sp³-hybridized carbons (Fsp3) is 1.00. The van der Waals surface area contributed by atoms with Crippen LogP contribution in [0.1, 0.15) is 19.8 Å². The molecule has 0 N–H and O–H groups in total. The summed E-state index contributed by atoms with van der Waals surface area (Å²) in [7, 11) is 0. The first-order valence-corrected chi connectivity index (χ1v) is 6.09. The molecule has 0 bridgehead atoms. The summed E-state index contributed by atoms with van der Waals surface area (Å²) in [4.78, 5) is 0. The molecular formula is C4H9Hg. The van der Waals surface area contributed by atoms with Gasteiger partial charge in [0.05, 0.1) is 0 Å². The molecular weight excluding hydrogens is 249 g/mol. The Morgan fingerprint density at radius 2 is 2.20 bits per heavy atom. The summed E-state index contributed by atoms with van der Waals surface area (Å²) in [5, 5.41) is 0. The maximum atomic E-state index is 2.24. The van der Waals surface area contributed by atoms with Crippen molar-refractivity contribution in [3.63, 3.8) is 0 Å². The zero-order valence-electron chi connectivity index (χ0n) is 3.83. The van der Waals surface area contributed by atoms with Crippen molar-refractivity contribution in [1.82, 2.24) is 0 Å². The third kappa shape index (κ3) is 4.94. The van der Waals surface area contributed by atoms with Crippen LogP contribution < -0.4 is 0 Å². The molecule has 0 rings (SSSR count). The monoisotopic (exact) mass is 259 g/mol. The molecule has 5 heavy (non-hydrogen) atoms. The fourth-order valence-electron chi connectivity index (χ4n) is 0.250. The summed E-state index contributed by atoms with van der Waals surface area (Å²) < 4.78 is 1.54. The van der Waals surface area contributed by atoms with E-state index in [0.717, 1.165) is 26.1 Å². The number of rotatable bonds is 2. The van der Waals surface area contributed by atoms with Gasteiger partial charge in [-0.1, -0.05) is 0 Å². The van der Waals surface area contributed by atoms with Crippen LogP contribution in [0.25, 0.3) is 0 Å². The van der Waals surface area contributed by atoms with Gasteiger partial charge in [0, 0.05) is 0 Å². The van der Waals surface area contributed by atoms with Crippen LogP contribution in [0.3, 0.4) is 0 Å². The van der Waals surface area contributed by atoms with E-state index < -0.39 is 0 Å². The Balaban J connectivity index is 2.19. The van der Waals surface area contributed by atoms with Crippen LogP contribution in [-0.4, -0.2) is 0 Å². The molecule has 0 heterocycles. The van der Waals surface area contributed by atoms with Crippen LogP contribution in [0.5, 0.6) is 0 Å². The fourth-order valence-corrected chi connectivity index (χ4v) is 2.19. The zero-order chi connectivity index (χ0) is 4.12. The van der Waals surface area contributed by atoms with E-state index >= 15 is 0 Å². The van der Waals surface area contributed by atoms with E-state index in [9.17, 15) is 0 Å². The molecule has 0 aliphatic carbocycles. The van der Waals surface area contributed by atoms with Crippen molar-refractivity contribution in [3.8, 4) is 0 Å². The zero-order valence-corrected chi connectivity index (χ0v) is 9.33. The Morgan fingerprint density at radius 3 is 2.20 bits per heavy atom. The van der Waals surface area contributed by atoms with Gasteiger partial charge in [0.1, 0.15) is 0 Å². The third-order valence-corrected chi connectivity index (χ3v) is 2.55. The van der Waals surface area contributed by atoms with Gasteiger partial charge in [-0.2, -0.15) is 0 Å². The van der Waals surface area contributed by atoms with Gasteiger partial charge in [0.2, 0.25) is 0 Å². The van der Waals surface area contributed by atoms with Crippen molar-refractivity contribution in [1.29, 1.82) is 0 Å². The molecule has 0 radical (unpaired) electrons. The van der Waals surface area contributed by atoms with Crippen LogP contribution in [-0.2, 0) is 26.1 Å². The molecule has 0 saturated carbocycles. The molecule has 0 aromatic heterocycles. The molecule has 0 aliphatic heterocycles. The standard InChI is InChI=1S/C4H9.Hg/c1-3-4-2;/h1,3-4H2,2H3;. The van der Waals surface area contributed by atoms with Crippen molar-refractivity contribution >= 4 is 0 Å². The van der Waals surface area contributed by atoms with Gasteiger partial charge in [-0.3, -0.25) is 0 Å². The molecule has 0 amide bonds. The summed E-state index contributed by atoms with van der Waals surface area (Å²) in [6.45, 7) is 2.24. The second-order valence-corrected chi connectivity index (χ2v) is 3.96. The second-order valence-electron chi connectivity index (χ2n) is 1.21. The van der Waals surface area contributed by atoms with Crippen molar-refractivity contribution in [2.75, 3.05) is 0 Å². The second kappa shape index (κ2) is 4.94. The Kier molecular flexibility index (Phi) is 5.86. The van der Waals surface area contributed by atoms with E-state index in [2.05, 4.69) is 6.92 Å². The number of hydrogen-bond donors (Lipinski definition) is 0. The van der Waals surface area contributed by atoms with Gasteiger partial charge in [-0.25, -0.2) is 0 Å². The SMILES string of the molecule is CCC[CH2][Hg]. The van der Waals surface area contributed by atoms with E-state index in [1.807, 2.05) is 0 Å². The summed E-state index contributed by atoms with van der Waals surface area (Å²) in [5.74, 6) is 0. The van der Waals surface area contributed by atoms with Crippen LogP contribution in [0.4, 0.5) is 0 Å². The molecule has 0 aromatic carbocycles. The van der Waals surface area contributed by atoms with Crippen LogP contribution in [0.15, 0.2) is 0 Å². The van der Waals surface area contributed by atoms with Crippen LogP contribution >= 0.6 is 0 Å². The van der Waals surface area contributed by atoms with Gasteiger partial charge < -0.3 is 0 Å². The van der Waals surface area contributed by atoms with Crippen molar-refractivity contribution < 1.29 is 26.1 Å². The number of unbranched alkanes of at least 4 members (excludes halogenated alkanes) is 1. The maximum absolute atomic E-state index is 2.24. The Hall–Kier alpha value is 0.935. The first-order valence-electron chi connectivity index (χ1n) is 2.21. The molecule has 0 unspecified atom stereocenters. The minimum absolute atomic E-state index is 1.07. The average Bonchev–Trinajstić information content (AvgIpc) is 1.41. The van der Waals surface area contributed by atoms with Crippen LogP contribution in [0, 0.1) is 0 Å².